The number of para-hydroxylation sites is 1. The molecule has 3 aromatic rings. The summed E-state index contributed by atoms with van der Waals surface area (Å²) in [6.45, 7) is 1.63. The lowest BCUT2D eigenvalue weighted by atomic mass is 10.1. The van der Waals surface area contributed by atoms with Gasteiger partial charge in [0.05, 0.1) is 15.1 Å². The van der Waals surface area contributed by atoms with Gasteiger partial charge in [0.15, 0.2) is 5.13 Å². The predicted octanol–water partition coefficient (Wildman–Crippen LogP) is 3.77. The number of carbonyl (C=O) groups excluding carboxylic acids is 1. The largest absolute Gasteiger partial charge is 0.298 e. The molecule has 3 rings (SSSR count). The number of hydrogen-bond donors (Lipinski definition) is 1. The number of amides is 1. The van der Waals surface area contributed by atoms with E-state index in [9.17, 15) is 14.9 Å². The molecule has 6 nitrogen and oxygen atoms in total. The van der Waals surface area contributed by atoms with Crippen molar-refractivity contribution < 1.29 is 9.72 Å². The van der Waals surface area contributed by atoms with Gasteiger partial charge < -0.3 is 0 Å². The van der Waals surface area contributed by atoms with Gasteiger partial charge in [0, 0.05) is 17.2 Å². The number of rotatable bonds is 3. The number of carbonyl (C=O) groups is 1. The summed E-state index contributed by atoms with van der Waals surface area (Å²) in [5.74, 6) is -0.415. The molecule has 1 heterocycles. The van der Waals surface area contributed by atoms with Gasteiger partial charge in [-0.1, -0.05) is 29.5 Å². The predicted molar refractivity (Wildman–Crippen MR) is 85.4 cm³/mol. The van der Waals surface area contributed by atoms with Gasteiger partial charge in [-0.25, -0.2) is 4.98 Å². The van der Waals surface area contributed by atoms with Gasteiger partial charge in [-0.3, -0.25) is 20.2 Å². The fraction of sp³-hybridized carbons (Fsp3) is 0.0667. The van der Waals surface area contributed by atoms with E-state index in [1.165, 1.54) is 17.4 Å². The quantitative estimate of drug-likeness (QED) is 0.589. The number of nitrogens with zero attached hydrogens (tertiary/aromatic N) is 2. The zero-order chi connectivity index (χ0) is 15.7. The van der Waals surface area contributed by atoms with Crippen molar-refractivity contribution in [3.63, 3.8) is 0 Å². The number of aromatic nitrogens is 1. The molecule has 7 heteroatoms. The Morgan fingerprint density at radius 1 is 1.27 bits per heavy atom. The third-order valence-corrected chi connectivity index (χ3v) is 4.13. The molecule has 0 bridgehead atoms. The highest BCUT2D eigenvalue weighted by Gasteiger charge is 2.16. The monoisotopic (exact) mass is 313 g/mol. The van der Waals surface area contributed by atoms with E-state index in [1.54, 1.807) is 19.1 Å². The molecule has 0 atom stereocenters. The van der Waals surface area contributed by atoms with Crippen molar-refractivity contribution in [2.45, 2.75) is 6.92 Å². The Balaban J connectivity index is 1.88. The van der Waals surface area contributed by atoms with E-state index in [1.807, 2.05) is 24.3 Å². The third kappa shape index (κ3) is 2.66. The summed E-state index contributed by atoms with van der Waals surface area (Å²) in [5, 5.41) is 14.1. The molecule has 0 saturated carbocycles. The lowest BCUT2D eigenvalue weighted by molar-refractivity contribution is -0.385. The number of nitrogens with one attached hydrogen (secondary N) is 1. The van der Waals surface area contributed by atoms with Crippen LogP contribution in [0.4, 0.5) is 10.8 Å². The molecular weight excluding hydrogens is 302 g/mol. The van der Waals surface area contributed by atoms with Gasteiger partial charge in [-0.15, -0.1) is 0 Å². The van der Waals surface area contributed by atoms with E-state index in [4.69, 9.17) is 0 Å². The van der Waals surface area contributed by atoms with Crippen molar-refractivity contribution in [1.82, 2.24) is 4.98 Å². The highest BCUT2D eigenvalue weighted by molar-refractivity contribution is 7.22. The maximum Gasteiger partial charge on any atom is 0.273 e. The van der Waals surface area contributed by atoms with Crippen LogP contribution in [0.25, 0.3) is 10.2 Å². The number of fused-ring (bicyclic) bond motifs is 1. The van der Waals surface area contributed by atoms with Gasteiger partial charge in [0.1, 0.15) is 0 Å². The summed E-state index contributed by atoms with van der Waals surface area (Å²) in [6, 6.07) is 11.9. The number of nitro groups is 1. The number of anilines is 1. The summed E-state index contributed by atoms with van der Waals surface area (Å²) in [7, 11) is 0. The van der Waals surface area contributed by atoms with Crippen molar-refractivity contribution in [2.75, 3.05) is 5.32 Å². The molecule has 0 spiro atoms. The Labute approximate surface area is 129 Å². The standard InChI is InChI=1S/C15H11N3O3S/c1-9-6-7-10(8-12(9)18(20)21)14(19)17-15-16-11-4-2-3-5-13(11)22-15/h2-8H,1H3,(H,16,17,19). The van der Waals surface area contributed by atoms with Crippen LogP contribution in [0, 0.1) is 17.0 Å². The van der Waals surface area contributed by atoms with Crippen LogP contribution in [0.2, 0.25) is 0 Å². The fourth-order valence-corrected chi connectivity index (χ4v) is 2.90. The molecule has 22 heavy (non-hydrogen) atoms. The van der Waals surface area contributed by atoms with Crippen LogP contribution in [0.15, 0.2) is 42.5 Å². The molecule has 1 N–H and O–H groups in total. The van der Waals surface area contributed by atoms with E-state index in [0.29, 0.717) is 10.7 Å². The lowest BCUT2D eigenvalue weighted by Crippen LogP contribution is -2.12. The maximum atomic E-state index is 12.2. The van der Waals surface area contributed by atoms with Crippen LogP contribution >= 0.6 is 11.3 Å². The highest BCUT2D eigenvalue weighted by Crippen LogP contribution is 2.26. The minimum atomic E-state index is -0.496. The van der Waals surface area contributed by atoms with Crippen LogP contribution in [0.5, 0.6) is 0 Å². The van der Waals surface area contributed by atoms with Crippen LogP contribution < -0.4 is 5.32 Å². The first kappa shape index (κ1) is 14.2. The van der Waals surface area contributed by atoms with Crippen molar-refractivity contribution in [1.29, 1.82) is 0 Å². The number of benzene rings is 2. The molecular formula is C15H11N3O3S. The van der Waals surface area contributed by atoms with Gasteiger partial charge >= 0.3 is 0 Å². The zero-order valence-electron chi connectivity index (χ0n) is 11.6. The number of thiazole rings is 1. The Morgan fingerprint density at radius 2 is 2.05 bits per heavy atom. The van der Waals surface area contributed by atoms with Crippen molar-refractivity contribution in [2.24, 2.45) is 0 Å². The molecule has 0 unspecified atom stereocenters. The first-order valence-electron chi connectivity index (χ1n) is 6.46. The summed E-state index contributed by atoms with van der Waals surface area (Å²) < 4.78 is 0.965. The summed E-state index contributed by atoms with van der Waals surface area (Å²) in [5.41, 5.74) is 1.48. The Morgan fingerprint density at radius 3 is 2.77 bits per heavy atom. The maximum absolute atomic E-state index is 12.2. The zero-order valence-corrected chi connectivity index (χ0v) is 12.4. The van der Waals surface area contributed by atoms with E-state index in [0.717, 1.165) is 10.2 Å². The minimum absolute atomic E-state index is 0.0723. The molecule has 1 aromatic heterocycles. The van der Waals surface area contributed by atoms with E-state index in [-0.39, 0.29) is 11.3 Å². The fourth-order valence-electron chi connectivity index (χ4n) is 2.04. The second kappa shape index (κ2) is 5.53. The van der Waals surface area contributed by atoms with Gasteiger partial charge in [-0.2, -0.15) is 0 Å². The average molecular weight is 313 g/mol. The molecule has 0 aliphatic carbocycles. The van der Waals surface area contributed by atoms with E-state index >= 15 is 0 Å². The molecule has 0 aliphatic heterocycles. The second-order valence-corrected chi connectivity index (χ2v) is 5.73. The number of nitro benzene ring substituents is 1. The van der Waals surface area contributed by atoms with Crippen LogP contribution in [0.3, 0.4) is 0 Å². The molecule has 1 amide bonds. The second-order valence-electron chi connectivity index (χ2n) is 4.70. The lowest BCUT2D eigenvalue weighted by Gasteiger charge is -2.03. The van der Waals surface area contributed by atoms with Gasteiger partial charge in [0.25, 0.3) is 11.6 Å². The summed E-state index contributed by atoms with van der Waals surface area (Å²) in [4.78, 5) is 27.0. The SMILES string of the molecule is Cc1ccc(C(=O)Nc2nc3ccccc3s2)cc1[N+](=O)[O-]. The van der Waals surface area contributed by atoms with Crippen molar-refractivity contribution >= 4 is 38.3 Å². The Hall–Kier alpha value is -2.80. The third-order valence-electron chi connectivity index (χ3n) is 3.18. The van der Waals surface area contributed by atoms with Gasteiger partial charge in [0.2, 0.25) is 0 Å². The highest BCUT2D eigenvalue weighted by atomic mass is 32.1. The smallest absolute Gasteiger partial charge is 0.273 e. The van der Waals surface area contributed by atoms with Crippen LogP contribution in [-0.2, 0) is 0 Å². The summed E-state index contributed by atoms with van der Waals surface area (Å²) in [6.07, 6.45) is 0. The molecule has 110 valence electrons. The molecule has 0 saturated heterocycles. The minimum Gasteiger partial charge on any atom is -0.298 e. The average Bonchev–Trinajstić information content (AvgIpc) is 2.89. The Bertz CT molecular complexity index is 856. The van der Waals surface area contributed by atoms with Crippen molar-refractivity contribution in [3.8, 4) is 0 Å². The van der Waals surface area contributed by atoms with Gasteiger partial charge in [-0.05, 0) is 25.1 Å². The molecule has 0 aliphatic rings. The van der Waals surface area contributed by atoms with Crippen LogP contribution in [-0.4, -0.2) is 15.8 Å². The molecule has 0 fully saturated rings. The molecule has 0 radical (unpaired) electrons. The van der Waals surface area contributed by atoms with E-state index in [2.05, 4.69) is 10.3 Å². The summed E-state index contributed by atoms with van der Waals surface area (Å²) >= 11 is 1.36. The first-order chi connectivity index (χ1) is 10.5. The topological polar surface area (TPSA) is 85.1 Å². The number of hydrogen-bond acceptors (Lipinski definition) is 5. The normalized spacial score (nSPS) is 10.6. The Kier molecular flexibility index (Phi) is 3.56. The van der Waals surface area contributed by atoms with E-state index < -0.39 is 10.8 Å². The number of aryl methyl sites for hydroxylation is 1. The van der Waals surface area contributed by atoms with Crippen molar-refractivity contribution in [3.05, 3.63) is 63.7 Å². The molecule has 2 aromatic carbocycles. The first-order valence-corrected chi connectivity index (χ1v) is 7.28. The van der Waals surface area contributed by atoms with Crippen LogP contribution in [0.1, 0.15) is 15.9 Å².